The highest BCUT2D eigenvalue weighted by atomic mass is 19.3. The minimum atomic E-state index is -2.37. The Morgan fingerprint density at radius 2 is 1.85 bits per heavy atom. The van der Waals surface area contributed by atoms with E-state index in [2.05, 4.69) is 14.9 Å². The first kappa shape index (κ1) is 17.9. The summed E-state index contributed by atoms with van der Waals surface area (Å²) in [5.41, 5.74) is 0.784. The van der Waals surface area contributed by atoms with E-state index in [-0.39, 0.29) is 12.6 Å². The molecule has 0 atom stereocenters. The van der Waals surface area contributed by atoms with Gasteiger partial charge in [0.15, 0.2) is 0 Å². The van der Waals surface area contributed by atoms with Crippen molar-refractivity contribution in [2.24, 2.45) is 0 Å². The molecule has 1 aromatic carbocycles. The molecule has 27 heavy (non-hydrogen) atoms. The molecular weight excluding hydrogens is 350 g/mol. The van der Waals surface area contributed by atoms with Crippen LogP contribution >= 0.6 is 0 Å². The summed E-state index contributed by atoms with van der Waals surface area (Å²) in [6.45, 7) is 2.29. The molecular formula is C20H22F2N4O. The molecule has 1 saturated heterocycles. The van der Waals surface area contributed by atoms with E-state index in [1.165, 1.54) is 0 Å². The predicted molar refractivity (Wildman–Crippen MR) is 98.9 cm³/mol. The van der Waals surface area contributed by atoms with Crippen LogP contribution in [-0.4, -0.2) is 45.1 Å². The summed E-state index contributed by atoms with van der Waals surface area (Å²) in [5.74, 6) is 1.60. The van der Waals surface area contributed by atoms with Gasteiger partial charge in [0.2, 0.25) is 0 Å². The van der Waals surface area contributed by atoms with Crippen LogP contribution in [0.1, 0.15) is 18.7 Å². The molecule has 1 aliphatic heterocycles. The zero-order valence-corrected chi connectivity index (χ0v) is 15.0. The third-order valence-electron chi connectivity index (χ3n) is 4.92. The Morgan fingerprint density at radius 3 is 2.59 bits per heavy atom. The van der Waals surface area contributed by atoms with Crippen molar-refractivity contribution in [1.29, 1.82) is 0 Å². The summed E-state index contributed by atoms with van der Waals surface area (Å²) in [6, 6.07) is 9.31. The van der Waals surface area contributed by atoms with E-state index in [9.17, 15) is 8.78 Å². The van der Waals surface area contributed by atoms with E-state index in [0.29, 0.717) is 0 Å². The maximum Gasteiger partial charge on any atom is 0.256 e. The third-order valence-corrected chi connectivity index (χ3v) is 4.92. The molecule has 0 spiro atoms. The third kappa shape index (κ3) is 4.24. The van der Waals surface area contributed by atoms with E-state index in [0.717, 1.165) is 55.0 Å². The number of aromatic nitrogens is 3. The maximum absolute atomic E-state index is 12.7. The molecule has 3 heterocycles. The lowest BCUT2D eigenvalue weighted by Crippen LogP contribution is -2.38. The monoisotopic (exact) mass is 372 g/mol. The molecule has 1 aliphatic rings. The molecule has 7 heteroatoms. The normalized spacial score (nSPS) is 16.3. The smallest absolute Gasteiger partial charge is 0.256 e. The van der Waals surface area contributed by atoms with Crippen LogP contribution in [0.5, 0.6) is 5.75 Å². The lowest BCUT2D eigenvalue weighted by Gasteiger charge is -2.31. The van der Waals surface area contributed by atoms with Crippen LogP contribution in [0.2, 0.25) is 0 Å². The van der Waals surface area contributed by atoms with Crippen LogP contribution in [0.3, 0.4) is 0 Å². The number of nitrogens with zero attached hydrogens (tertiary/aromatic N) is 4. The van der Waals surface area contributed by atoms with Crippen LogP contribution in [0, 0.1) is 0 Å². The van der Waals surface area contributed by atoms with Crippen molar-refractivity contribution in [1.82, 2.24) is 19.4 Å². The summed E-state index contributed by atoms with van der Waals surface area (Å²) in [5, 5.41) is 0.887. The zero-order valence-electron chi connectivity index (χ0n) is 15.0. The minimum absolute atomic E-state index is 0.127. The highest BCUT2D eigenvalue weighted by Crippen LogP contribution is 2.29. The molecule has 4 rings (SSSR count). The first-order valence-corrected chi connectivity index (χ1v) is 9.20. The van der Waals surface area contributed by atoms with E-state index in [4.69, 9.17) is 4.74 Å². The van der Waals surface area contributed by atoms with Crippen LogP contribution in [-0.2, 0) is 13.1 Å². The van der Waals surface area contributed by atoms with Gasteiger partial charge in [0.1, 0.15) is 17.7 Å². The summed E-state index contributed by atoms with van der Waals surface area (Å²) >= 11 is 0. The Morgan fingerprint density at radius 1 is 1.07 bits per heavy atom. The maximum atomic E-state index is 12.7. The number of rotatable bonds is 6. The SMILES string of the molecule is FC(F)Cn1ccc2c(OC3CCN(Cc4ncccn4)CC3)cccc21. The van der Waals surface area contributed by atoms with Gasteiger partial charge < -0.3 is 9.30 Å². The quantitative estimate of drug-likeness (QED) is 0.661. The second kappa shape index (κ2) is 8.00. The number of piperidine rings is 1. The molecule has 2 aromatic heterocycles. The predicted octanol–water partition coefficient (Wildman–Crippen LogP) is 3.74. The van der Waals surface area contributed by atoms with Crippen molar-refractivity contribution in [2.45, 2.75) is 38.5 Å². The fourth-order valence-electron chi connectivity index (χ4n) is 3.58. The molecule has 0 radical (unpaired) electrons. The van der Waals surface area contributed by atoms with Gasteiger partial charge in [-0.25, -0.2) is 18.7 Å². The van der Waals surface area contributed by atoms with Gasteiger partial charge in [-0.2, -0.15) is 0 Å². The number of alkyl halides is 2. The number of hydrogen-bond donors (Lipinski definition) is 0. The van der Waals surface area contributed by atoms with Crippen LogP contribution in [0.4, 0.5) is 8.78 Å². The Balaban J connectivity index is 1.38. The summed E-state index contributed by atoms with van der Waals surface area (Å²) in [4.78, 5) is 10.9. The number of likely N-dealkylation sites (tertiary alicyclic amines) is 1. The topological polar surface area (TPSA) is 43.2 Å². The van der Waals surface area contributed by atoms with Crippen LogP contribution in [0.15, 0.2) is 48.9 Å². The second-order valence-electron chi connectivity index (χ2n) is 6.81. The second-order valence-corrected chi connectivity index (χ2v) is 6.81. The van der Waals surface area contributed by atoms with E-state index >= 15 is 0 Å². The Bertz CT molecular complexity index is 876. The van der Waals surface area contributed by atoms with Gasteiger partial charge >= 0.3 is 0 Å². The molecule has 0 N–H and O–H groups in total. The summed E-state index contributed by atoms with van der Waals surface area (Å²) < 4.78 is 33.3. The van der Waals surface area contributed by atoms with Gasteiger partial charge in [-0.3, -0.25) is 4.90 Å². The van der Waals surface area contributed by atoms with E-state index in [1.54, 1.807) is 23.2 Å². The minimum Gasteiger partial charge on any atom is -0.490 e. The largest absolute Gasteiger partial charge is 0.490 e. The lowest BCUT2D eigenvalue weighted by atomic mass is 10.1. The van der Waals surface area contributed by atoms with Crippen molar-refractivity contribution in [2.75, 3.05) is 13.1 Å². The van der Waals surface area contributed by atoms with E-state index in [1.807, 2.05) is 30.3 Å². The van der Waals surface area contributed by atoms with Gasteiger partial charge in [-0.15, -0.1) is 0 Å². The first-order valence-electron chi connectivity index (χ1n) is 9.20. The van der Waals surface area contributed by atoms with Crippen molar-refractivity contribution in [3.63, 3.8) is 0 Å². The summed E-state index contributed by atoms with van der Waals surface area (Å²) in [6.07, 6.45) is 4.82. The van der Waals surface area contributed by atoms with Gasteiger partial charge in [0, 0.05) is 37.1 Å². The molecule has 0 aliphatic carbocycles. The number of hydrogen-bond acceptors (Lipinski definition) is 4. The molecule has 3 aromatic rings. The van der Waals surface area contributed by atoms with Crippen molar-refractivity contribution < 1.29 is 13.5 Å². The average molecular weight is 372 g/mol. The van der Waals surface area contributed by atoms with Crippen LogP contribution < -0.4 is 4.74 Å². The molecule has 1 fully saturated rings. The van der Waals surface area contributed by atoms with Gasteiger partial charge in [-0.05, 0) is 37.1 Å². The molecule has 5 nitrogen and oxygen atoms in total. The molecule has 0 saturated carbocycles. The van der Waals surface area contributed by atoms with Gasteiger partial charge in [0.25, 0.3) is 6.43 Å². The van der Waals surface area contributed by atoms with Crippen LogP contribution in [0.25, 0.3) is 10.9 Å². The van der Waals surface area contributed by atoms with E-state index < -0.39 is 6.43 Å². The molecule has 0 unspecified atom stereocenters. The number of benzene rings is 1. The average Bonchev–Trinajstić information content (AvgIpc) is 3.08. The number of fused-ring (bicyclic) bond motifs is 1. The molecule has 0 bridgehead atoms. The number of halogens is 2. The highest BCUT2D eigenvalue weighted by Gasteiger charge is 2.22. The lowest BCUT2D eigenvalue weighted by molar-refractivity contribution is 0.0965. The Labute approximate surface area is 156 Å². The van der Waals surface area contributed by atoms with Crippen molar-refractivity contribution >= 4 is 10.9 Å². The van der Waals surface area contributed by atoms with Gasteiger partial charge in [-0.1, -0.05) is 6.07 Å². The highest BCUT2D eigenvalue weighted by molar-refractivity contribution is 5.86. The first-order chi connectivity index (χ1) is 13.2. The molecule has 0 amide bonds. The Kier molecular flexibility index (Phi) is 5.29. The van der Waals surface area contributed by atoms with Crippen molar-refractivity contribution in [3.8, 4) is 5.75 Å². The fraction of sp³-hybridized carbons (Fsp3) is 0.400. The fourth-order valence-corrected chi connectivity index (χ4v) is 3.58. The Hall–Kier alpha value is -2.54. The van der Waals surface area contributed by atoms with Crippen molar-refractivity contribution in [3.05, 3.63) is 54.7 Å². The number of ether oxygens (including phenoxy) is 1. The molecule has 142 valence electrons. The van der Waals surface area contributed by atoms with Gasteiger partial charge in [0.05, 0.1) is 18.6 Å². The summed E-state index contributed by atoms with van der Waals surface area (Å²) in [7, 11) is 0. The zero-order chi connectivity index (χ0) is 18.6. The standard InChI is InChI=1S/C20H22F2N4O/c21-19(22)13-26-12-7-16-17(26)3-1-4-18(16)27-15-5-10-25(11-6-15)14-20-23-8-2-9-24-20/h1-4,7-9,12,15,19H,5-6,10-11,13-14H2.